The second-order valence-electron chi connectivity index (χ2n) is 9.38. The Kier molecular flexibility index (Phi) is 13.1. The fraction of sp³-hybridized carbons (Fsp3) is 0.250. The zero-order chi connectivity index (χ0) is 27.5. The molecule has 0 saturated carbocycles. The second kappa shape index (κ2) is 17.4. The van der Waals surface area contributed by atoms with Crippen LogP contribution in [0.2, 0.25) is 0 Å². The van der Waals surface area contributed by atoms with E-state index in [4.69, 9.17) is 4.74 Å². The molecule has 39 heavy (non-hydrogen) atoms. The Hall–Kier alpha value is -4.13. The highest BCUT2D eigenvalue weighted by molar-refractivity contribution is 5.72. The van der Waals surface area contributed by atoms with Gasteiger partial charge in [-0.1, -0.05) is 122 Å². The average Bonchev–Trinajstić information content (AvgIpc) is 3.00. The lowest BCUT2D eigenvalue weighted by Gasteiger charge is -2.12. The van der Waals surface area contributed by atoms with E-state index in [2.05, 4.69) is 96.9 Å². The molecule has 0 aliphatic heterocycles. The van der Waals surface area contributed by atoms with Crippen molar-refractivity contribution in [3.8, 4) is 11.8 Å². The Labute approximate surface area is 234 Å². The Morgan fingerprint density at radius 2 is 1.23 bits per heavy atom. The molecule has 4 rings (SSSR count). The molecule has 1 atom stereocenters. The number of nitrogens with one attached hydrogen (secondary N) is 1. The summed E-state index contributed by atoms with van der Waals surface area (Å²) in [5, 5.41) is 3.42. The fourth-order valence-electron chi connectivity index (χ4n) is 4.09. The van der Waals surface area contributed by atoms with E-state index >= 15 is 0 Å². The molecular weight excluding hydrogens is 478 g/mol. The topological polar surface area (TPSA) is 38.3 Å². The molecule has 0 fully saturated rings. The highest BCUT2D eigenvalue weighted by atomic mass is 16.5. The molecule has 0 amide bonds. The molecule has 0 saturated heterocycles. The first-order valence-electron chi connectivity index (χ1n) is 13.7. The van der Waals surface area contributed by atoms with Gasteiger partial charge in [0.1, 0.15) is 0 Å². The Balaban J connectivity index is 0.000000239. The summed E-state index contributed by atoms with van der Waals surface area (Å²) in [5.74, 6) is 5.87. The molecule has 3 nitrogen and oxygen atoms in total. The lowest BCUT2D eigenvalue weighted by molar-refractivity contribution is -0.145. The van der Waals surface area contributed by atoms with Gasteiger partial charge in [-0.15, -0.1) is 0 Å². The number of hydrogen-bond donors (Lipinski definition) is 1. The van der Waals surface area contributed by atoms with Gasteiger partial charge in [-0.05, 0) is 53.6 Å². The van der Waals surface area contributed by atoms with Crippen molar-refractivity contribution in [1.82, 2.24) is 5.32 Å². The van der Waals surface area contributed by atoms with Crippen molar-refractivity contribution in [3.05, 3.63) is 143 Å². The number of carbonyl (C=O) groups is 1. The van der Waals surface area contributed by atoms with E-state index < -0.39 is 0 Å². The minimum Gasteiger partial charge on any atom is -0.469 e. The smallest absolute Gasteiger partial charge is 0.309 e. The fourth-order valence-corrected chi connectivity index (χ4v) is 4.09. The number of carbonyl (C=O) groups excluding carboxylic acids is 1. The number of benzene rings is 4. The molecule has 0 aliphatic rings. The predicted octanol–water partition coefficient (Wildman–Crippen LogP) is 7.39. The van der Waals surface area contributed by atoms with Crippen LogP contribution in [0, 0.1) is 17.8 Å². The number of aryl methyl sites for hydroxylation is 2. The van der Waals surface area contributed by atoms with Crippen LogP contribution in [0.3, 0.4) is 0 Å². The van der Waals surface area contributed by atoms with Crippen LogP contribution >= 0.6 is 0 Å². The SMILES string of the molecule is CCc1ccc(CCC(CC#Cc2ccccc2)C(=O)OC)cc1.c1ccc(CNCc2ccccc2)cc1. The maximum absolute atomic E-state index is 12.0. The van der Waals surface area contributed by atoms with Crippen LogP contribution in [-0.2, 0) is 35.5 Å². The van der Waals surface area contributed by atoms with Crippen molar-refractivity contribution in [1.29, 1.82) is 0 Å². The maximum atomic E-state index is 12.0. The van der Waals surface area contributed by atoms with Gasteiger partial charge in [-0.25, -0.2) is 0 Å². The van der Waals surface area contributed by atoms with Crippen LogP contribution in [0.5, 0.6) is 0 Å². The van der Waals surface area contributed by atoms with Crippen molar-refractivity contribution in [3.63, 3.8) is 0 Å². The predicted molar refractivity (Wildman–Crippen MR) is 161 cm³/mol. The monoisotopic (exact) mass is 517 g/mol. The van der Waals surface area contributed by atoms with E-state index in [0.29, 0.717) is 6.42 Å². The lowest BCUT2D eigenvalue weighted by Crippen LogP contribution is -2.16. The van der Waals surface area contributed by atoms with Gasteiger partial charge >= 0.3 is 5.97 Å². The van der Waals surface area contributed by atoms with E-state index in [-0.39, 0.29) is 11.9 Å². The summed E-state index contributed by atoms with van der Waals surface area (Å²) in [7, 11) is 1.44. The number of esters is 1. The van der Waals surface area contributed by atoms with Gasteiger partial charge in [-0.2, -0.15) is 0 Å². The summed E-state index contributed by atoms with van der Waals surface area (Å²) in [6.07, 6.45) is 3.17. The van der Waals surface area contributed by atoms with Crippen LogP contribution in [0.1, 0.15) is 47.6 Å². The van der Waals surface area contributed by atoms with Gasteiger partial charge in [0.05, 0.1) is 13.0 Å². The summed E-state index contributed by atoms with van der Waals surface area (Å²) in [6.45, 7) is 4.00. The molecule has 4 aromatic rings. The van der Waals surface area contributed by atoms with E-state index in [0.717, 1.165) is 37.9 Å². The van der Waals surface area contributed by atoms with Gasteiger partial charge in [0.15, 0.2) is 0 Å². The zero-order valence-electron chi connectivity index (χ0n) is 23.1. The van der Waals surface area contributed by atoms with Crippen LogP contribution in [0.4, 0.5) is 0 Å². The van der Waals surface area contributed by atoms with Crippen molar-refractivity contribution < 1.29 is 9.53 Å². The third-order valence-corrected chi connectivity index (χ3v) is 6.45. The molecule has 0 aliphatic carbocycles. The molecule has 1 unspecified atom stereocenters. The minimum atomic E-state index is -0.183. The van der Waals surface area contributed by atoms with Crippen LogP contribution < -0.4 is 5.32 Å². The number of methoxy groups -OCH3 is 1. The second-order valence-corrected chi connectivity index (χ2v) is 9.38. The minimum absolute atomic E-state index is 0.178. The number of rotatable bonds is 10. The average molecular weight is 518 g/mol. The molecule has 0 heterocycles. The van der Waals surface area contributed by atoms with Gasteiger partial charge in [-0.3, -0.25) is 4.79 Å². The summed E-state index contributed by atoms with van der Waals surface area (Å²) in [5.41, 5.74) is 6.20. The molecule has 4 aromatic carbocycles. The van der Waals surface area contributed by atoms with Crippen molar-refractivity contribution >= 4 is 5.97 Å². The van der Waals surface area contributed by atoms with Gasteiger partial charge in [0, 0.05) is 25.1 Å². The summed E-state index contributed by atoms with van der Waals surface area (Å²) >= 11 is 0. The highest BCUT2D eigenvalue weighted by Gasteiger charge is 2.17. The van der Waals surface area contributed by atoms with E-state index in [1.165, 1.54) is 29.4 Å². The third kappa shape index (κ3) is 11.4. The molecule has 0 spiro atoms. The first kappa shape index (κ1) is 29.4. The van der Waals surface area contributed by atoms with Crippen molar-refractivity contribution in [2.75, 3.05) is 7.11 Å². The van der Waals surface area contributed by atoms with Gasteiger partial charge < -0.3 is 10.1 Å². The van der Waals surface area contributed by atoms with Gasteiger partial charge in [0.25, 0.3) is 0 Å². The molecule has 200 valence electrons. The molecule has 3 heteroatoms. The molecule has 1 N–H and O–H groups in total. The normalized spacial score (nSPS) is 10.8. The van der Waals surface area contributed by atoms with Crippen LogP contribution in [0.25, 0.3) is 0 Å². The highest BCUT2D eigenvalue weighted by Crippen LogP contribution is 2.16. The zero-order valence-corrected chi connectivity index (χ0v) is 23.1. The van der Waals surface area contributed by atoms with Crippen LogP contribution in [-0.4, -0.2) is 13.1 Å². The first-order valence-corrected chi connectivity index (χ1v) is 13.7. The van der Waals surface area contributed by atoms with Crippen LogP contribution in [0.15, 0.2) is 115 Å². The number of hydrogen-bond acceptors (Lipinski definition) is 3. The largest absolute Gasteiger partial charge is 0.469 e. The van der Waals surface area contributed by atoms with E-state index in [1.807, 2.05) is 42.5 Å². The van der Waals surface area contributed by atoms with Gasteiger partial charge in [0.2, 0.25) is 0 Å². The quantitative estimate of drug-likeness (QED) is 0.176. The Bertz CT molecular complexity index is 1230. The first-order chi connectivity index (χ1) is 19.2. The summed E-state index contributed by atoms with van der Waals surface area (Å²) in [6, 6.07) is 39.3. The Morgan fingerprint density at radius 1 is 0.718 bits per heavy atom. The van der Waals surface area contributed by atoms with E-state index in [1.54, 1.807) is 0 Å². The molecular formula is C36H39NO2. The molecule has 0 radical (unpaired) electrons. The lowest BCUT2D eigenvalue weighted by atomic mass is 9.96. The van der Waals surface area contributed by atoms with E-state index in [9.17, 15) is 4.79 Å². The molecule has 0 aromatic heterocycles. The van der Waals surface area contributed by atoms with Crippen molar-refractivity contribution in [2.45, 2.75) is 45.7 Å². The molecule has 0 bridgehead atoms. The van der Waals surface area contributed by atoms with Crippen molar-refractivity contribution in [2.24, 2.45) is 5.92 Å². The summed E-state index contributed by atoms with van der Waals surface area (Å²) < 4.78 is 4.93. The summed E-state index contributed by atoms with van der Waals surface area (Å²) in [4.78, 5) is 12.0. The maximum Gasteiger partial charge on any atom is 0.309 e. The third-order valence-electron chi connectivity index (χ3n) is 6.45. The Morgan fingerprint density at radius 3 is 1.74 bits per heavy atom. The number of ether oxygens (including phenoxy) is 1. The standard InChI is InChI=1S/C22H24O2.C14H15N/c1-3-18-12-14-20(15-13-18)16-17-21(22(23)24-2)11-7-10-19-8-5-4-6-9-19;1-3-7-13(8-4-1)11-15-12-14-9-5-2-6-10-14/h4-6,8-9,12-15,21H,3,11,16-17H2,1-2H3;1-10,15H,11-12H2.